The van der Waals surface area contributed by atoms with Crippen molar-refractivity contribution >= 4 is 6.29 Å². The van der Waals surface area contributed by atoms with Gasteiger partial charge in [0.25, 0.3) is 0 Å². The van der Waals surface area contributed by atoms with E-state index in [0.29, 0.717) is 0 Å². The highest BCUT2D eigenvalue weighted by molar-refractivity contribution is 5.66. The minimum atomic E-state index is -0.364. The largest absolute Gasteiger partial charge is 0.361 e. The number of aromatic amines is 1. The zero-order valence-electron chi connectivity index (χ0n) is 8.89. The average molecular weight is 191 g/mol. The SMILES string of the molecule is CC(C)(C=O)c1cc2c([nH]1)CCCC2. The molecule has 1 N–H and O–H groups in total. The van der Waals surface area contributed by atoms with Gasteiger partial charge in [0.15, 0.2) is 0 Å². The van der Waals surface area contributed by atoms with Gasteiger partial charge < -0.3 is 9.78 Å². The van der Waals surface area contributed by atoms with Gasteiger partial charge in [0.2, 0.25) is 0 Å². The second kappa shape index (κ2) is 3.26. The van der Waals surface area contributed by atoms with E-state index in [-0.39, 0.29) is 5.41 Å². The third kappa shape index (κ3) is 1.49. The van der Waals surface area contributed by atoms with Crippen molar-refractivity contribution < 1.29 is 4.79 Å². The molecule has 1 heterocycles. The number of rotatable bonds is 2. The van der Waals surface area contributed by atoms with Crippen LogP contribution in [0.2, 0.25) is 0 Å². The van der Waals surface area contributed by atoms with Gasteiger partial charge in [0, 0.05) is 11.4 Å². The minimum Gasteiger partial charge on any atom is -0.361 e. The van der Waals surface area contributed by atoms with Gasteiger partial charge in [-0.2, -0.15) is 0 Å². The quantitative estimate of drug-likeness (QED) is 0.715. The Morgan fingerprint density at radius 1 is 1.36 bits per heavy atom. The molecule has 1 aliphatic rings. The molecule has 0 atom stereocenters. The van der Waals surface area contributed by atoms with Crippen LogP contribution in [0.5, 0.6) is 0 Å². The summed E-state index contributed by atoms with van der Waals surface area (Å²) < 4.78 is 0. The number of hydrogen-bond acceptors (Lipinski definition) is 1. The van der Waals surface area contributed by atoms with Crippen molar-refractivity contribution in [1.82, 2.24) is 4.98 Å². The third-order valence-electron chi connectivity index (χ3n) is 3.10. The maximum Gasteiger partial charge on any atom is 0.131 e. The minimum absolute atomic E-state index is 0.364. The Bertz CT molecular complexity index is 326. The monoisotopic (exact) mass is 191 g/mol. The molecule has 0 saturated carbocycles. The number of aldehydes is 1. The summed E-state index contributed by atoms with van der Waals surface area (Å²) in [6, 6.07) is 2.17. The summed E-state index contributed by atoms with van der Waals surface area (Å²) in [5, 5.41) is 0. The molecule has 0 spiro atoms. The normalized spacial score (nSPS) is 16.4. The number of aryl methyl sites for hydroxylation is 2. The third-order valence-corrected chi connectivity index (χ3v) is 3.10. The van der Waals surface area contributed by atoms with Crippen molar-refractivity contribution in [2.45, 2.75) is 44.9 Å². The fourth-order valence-corrected chi connectivity index (χ4v) is 2.01. The molecule has 0 radical (unpaired) electrons. The molecule has 0 fully saturated rings. The lowest BCUT2D eigenvalue weighted by molar-refractivity contribution is -0.111. The van der Waals surface area contributed by atoms with E-state index in [4.69, 9.17) is 0 Å². The molecule has 2 rings (SSSR count). The summed E-state index contributed by atoms with van der Waals surface area (Å²) in [6.45, 7) is 3.91. The van der Waals surface area contributed by atoms with Crippen LogP contribution in [0.4, 0.5) is 0 Å². The van der Waals surface area contributed by atoms with Crippen molar-refractivity contribution in [3.8, 4) is 0 Å². The molecule has 2 nitrogen and oxygen atoms in total. The first kappa shape index (κ1) is 9.50. The van der Waals surface area contributed by atoms with Gasteiger partial charge in [-0.05, 0) is 51.2 Å². The maximum atomic E-state index is 10.9. The molecule has 76 valence electrons. The van der Waals surface area contributed by atoms with Gasteiger partial charge in [0.1, 0.15) is 6.29 Å². The lowest BCUT2D eigenvalue weighted by Crippen LogP contribution is -2.19. The van der Waals surface area contributed by atoms with Gasteiger partial charge in [-0.25, -0.2) is 0 Å². The van der Waals surface area contributed by atoms with E-state index in [2.05, 4.69) is 11.1 Å². The zero-order valence-corrected chi connectivity index (χ0v) is 8.89. The predicted molar refractivity (Wildman–Crippen MR) is 56.5 cm³/mol. The van der Waals surface area contributed by atoms with Crippen LogP contribution < -0.4 is 0 Å². The number of aromatic nitrogens is 1. The molecule has 2 heteroatoms. The summed E-state index contributed by atoms with van der Waals surface area (Å²) in [5.74, 6) is 0. The van der Waals surface area contributed by atoms with Gasteiger partial charge in [-0.15, -0.1) is 0 Å². The van der Waals surface area contributed by atoms with E-state index in [1.54, 1.807) is 0 Å². The Morgan fingerprint density at radius 3 is 2.71 bits per heavy atom. The molecular formula is C12H17NO. The number of fused-ring (bicyclic) bond motifs is 1. The maximum absolute atomic E-state index is 10.9. The van der Waals surface area contributed by atoms with Crippen molar-refractivity contribution in [3.05, 3.63) is 23.0 Å². The van der Waals surface area contributed by atoms with E-state index in [9.17, 15) is 4.79 Å². The van der Waals surface area contributed by atoms with Crippen molar-refractivity contribution in [2.24, 2.45) is 0 Å². The van der Waals surface area contributed by atoms with Crippen LogP contribution >= 0.6 is 0 Å². The summed E-state index contributed by atoms with van der Waals surface area (Å²) in [5.41, 5.74) is 3.47. The number of hydrogen-bond donors (Lipinski definition) is 1. The lowest BCUT2D eigenvalue weighted by Gasteiger charge is -2.14. The van der Waals surface area contributed by atoms with E-state index < -0.39 is 0 Å². The van der Waals surface area contributed by atoms with Gasteiger partial charge in [-0.1, -0.05) is 0 Å². The number of H-pyrrole nitrogens is 1. The fourth-order valence-electron chi connectivity index (χ4n) is 2.01. The van der Waals surface area contributed by atoms with Crippen molar-refractivity contribution in [1.29, 1.82) is 0 Å². The van der Waals surface area contributed by atoms with Crippen molar-refractivity contribution in [3.63, 3.8) is 0 Å². The molecule has 0 amide bonds. The van der Waals surface area contributed by atoms with E-state index >= 15 is 0 Å². The Morgan fingerprint density at radius 2 is 2.07 bits per heavy atom. The molecule has 0 aliphatic heterocycles. The highest BCUT2D eigenvalue weighted by Crippen LogP contribution is 2.27. The van der Waals surface area contributed by atoms with Crippen LogP contribution in [0.3, 0.4) is 0 Å². The molecule has 14 heavy (non-hydrogen) atoms. The van der Waals surface area contributed by atoms with E-state index in [0.717, 1.165) is 18.4 Å². The molecule has 0 aromatic carbocycles. The summed E-state index contributed by atoms with van der Waals surface area (Å²) >= 11 is 0. The Balaban J connectivity index is 2.37. The van der Waals surface area contributed by atoms with Crippen LogP contribution in [-0.2, 0) is 23.1 Å². The first-order valence-electron chi connectivity index (χ1n) is 5.31. The van der Waals surface area contributed by atoms with Crippen LogP contribution in [0, 0.1) is 0 Å². The van der Waals surface area contributed by atoms with Crippen LogP contribution in [0.1, 0.15) is 43.6 Å². The second-order valence-corrected chi connectivity index (χ2v) is 4.73. The molecule has 0 bridgehead atoms. The van der Waals surface area contributed by atoms with Gasteiger partial charge in [0.05, 0.1) is 5.41 Å². The Kier molecular flexibility index (Phi) is 2.22. The summed E-state index contributed by atoms with van der Waals surface area (Å²) in [4.78, 5) is 14.3. The number of carbonyl (C=O) groups excluding carboxylic acids is 1. The van der Waals surface area contributed by atoms with E-state index in [1.165, 1.54) is 30.5 Å². The molecule has 0 saturated heterocycles. The predicted octanol–water partition coefficient (Wildman–Crippen LogP) is 2.37. The summed E-state index contributed by atoms with van der Waals surface area (Å²) in [6.07, 6.45) is 5.88. The highest BCUT2D eigenvalue weighted by Gasteiger charge is 2.24. The highest BCUT2D eigenvalue weighted by atomic mass is 16.1. The smallest absolute Gasteiger partial charge is 0.131 e. The first-order valence-corrected chi connectivity index (χ1v) is 5.31. The molecule has 1 aromatic heterocycles. The van der Waals surface area contributed by atoms with Crippen LogP contribution in [0.25, 0.3) is 0 Å². The van der Waals surface area contributed by atoms with Crippen molar-refractivity contribution in [2.75, 3.05) is 0 Å². The number of nitrogens with one attached hydrogen (secondary N) is 1. The Labute approximate surface area is 84.7 Å². The Hall–Kier alpha value is -1.05. The van der Waals surface area contributed by atoms with Crippen LogP contribution in [0.15, 0.2) is 6.07 Å². The lowest BCUT2D eigenvalue weighted by atomic mass is 9.91. The fraction of sp³-hybridized carbons (Fsp3) is 0.583. The number of carbonyl (C=O) groups is 1. The van der Waals surface area contributed by atoms with Gasteiger partial charge >= 0.3 is 0 Å². The molecular weight excluding hydrogens is 174 g/mol. The summed E-state index contributed by atoms with van der Waals surface area (Å²) in [7, 11) is 0. The van der Waals surface area contributed by atoms with E-state index in [1.807, 2.05) is 13.8 Å². The zero-order chi connectivity index (χ0) is 10.2. The average Bonchev–Trinajstić information content (AvgIpc) is 2.61. The topological polar surface area (TPSA) is 32.9 Å². The molecule has 1 aliphatic carbocycles. The standard InChI is InChI=1S/C12H17NO/c1-12(2,8-14)11-7-9-5-3-4-6-10(9)13-11/h7-8,13H,3-6H2,1-2H3. The molecule has 0 unspecified atom stereocenters. The molecule has 1 aromatic rings. The van der Waals surface area contributed by atoms with Crippen LogP contribution in [-0.4, -0.2) is 11.3 Å². The second-order valence-electron chi connectivity index (χ2n) is 4.73. The van der Waals surface area contributed by atoms with Gasteiger partial charge in [-0.3, -0.25) is 0 Å². The first-order chi connectivity index (χ1) is 6.63.